The zero-order valence-corrected chi connectivity index (χ0v) is 12.3. The second-order valence-electron chi connectivity index (χ2n) is 4.92. The number of nitrogens with zero attached hydrogens (tertiary/aromatic N) is 1. The molecule has 0 spiro atoms. The minimum absolute atomic E-state index is 0.170. The lowest BCUT2D eigenvalue weighted by Crippen LogP contribution is -2.46. The summed E-state index contributed by atoms with van der Waals surface area (Å²) in [6, 6.07) is -1.33. The van der Waals surface area contributed by atoms with Crippen LogP contribution in [0.25, 0.3) is 0 Å². The monoisotopic (exact) mass is 300 g/mol. The van der Waals surface area contributed by atoms with E-state index in [0.29, 0.717) is 10.9 Å². The Morgan fingerprint density at radius 1 is 1.50 bits per heavy atom. The molecule has 0 aliphatic carbocycles. The SMILES string of the molecule is CC(C)CC(N)c1nc(C(=O)NC(CO)C(N)=O)cs1. The minimum atomic E-state index is -1.11. The molecule has 1 aromatic heterocycles. The molecule has 0 aliphatic heterocycles. The first-order chi connectivity index (χ1) is 9.35. The topological polar surface area (TPSA) is 131 Å². The molecular formula is C12H20N4O3S. The van der Waals surface area contributed by atoms with E-state index in [2.05, 4.69) is 24.1 Å². The predicted molar refractivity (Wildman–Crippen MR) is 76.0 cm³/mol. The highest BCUT2D eigenvalue weighted by atomic mass is 32.1. The molecule has 7 nitrogen and oxygen atoms in total. The molecule has 1 aromatic rings. The van der Waals surface area contributed by atoms with Crippen LogP contribution in [0, 0.1) is 5.92 Å². The van der Waals surface area contributed by atoms with Crippen molar-refractivity contribution in [2.45, 2.75) is 32.4 Å². The Hall–Kier alpha value is -1.51. The van der Waals surface area contributed by atoms with Crippen LogP contribution in [0.3, 0.4) is 0 Å². The van der Waals surface area contributed by atoms with Crippen LogP contribution < -0.4 is 16.8 Å². The second-order valence-corrected chi connectivity index (χ2v) is 5.81. The molecule has 0 aliphatic rings. The number of amides is 2. The Kier molecular flexibility index (Phi) is 6.05. The molecule has 2 atom stereocenters. The van der Waals surface area contributed by atoms with E-state index >= 15 is 0 Å². The fourth-order valence-electron chi connectivity index (χ4n) is 1.61. The van der Waals surface area contributed by atoms with Crippen LogP contribution in [0.5, 0.6) is 0 Å². The van der Waals surface area contributed by atoms with Crippen LogP contribution in [0.15, 0.2) is 5.38 Å². The van der Waals surface area contributed by atoms with Crippen molar-refractivity contribution in [3.05, 3.63) is 16.1 Å². The van der Waals surface area contributed by atoms with Crippen LogP contribution >= 0.6 is 11.3 Å². The molecular weight excluding hydrogens is 280 g/mol. The molecule has 112 valence electrons. The van der Waals surface area contributed by atoms with E-state index in [4.69, 9.17) is 16.6 Å². The first-order valence-corrected chi connectivity index (χ1v) is 7.15. The number of hydrogen-bond acceptors (Lipinski definition) is 6. The predicted octanol–water partition coefficient (Wildman–Crippen LogP) is -0.235. The second kappa shape index (κ2) is 7.32. The van der Waals surface area contributed by atoms with Crippen molar-refractivity contribution in [1.82, 2.24) is 10.3 Å². The highest BCUT2D eigenvalue weighted by molar-refractivity contribution is 7.09. The lowest BCUT2D eigenvalue weighted by molar-refractivity contribution is -0.120. The van der Waals surface area contributed by atoms with E-state index in [1.807, 2.05) is 0 Å². The average Bonchev–Trinajstić information content (AvgIpc) is 2.84. The number of nitrogens with one attached hydrogen (secondary N) is 1. The summed E-state index contributed by atoms with van der Waals surface area (Å²) in [5, 5.41) is 13.5. The van der Waals surface area contributed by atoms with Crippen molar-refractivity contribution < 1.29 is 14.7 Å². The third-order valence-electron chi connectivity index (χ3n) is 2.63. The summed E-state index contributed by atoms with van der Waals surface area (Å²) in [5.74, 6) is -0.922. The van der Waals surface area contributed by atoms with Crippen molar-refractivity contribution in [3.63, 3.8) is 0 Å². The van der Waals surface area contributed by atoms with Crippen LogP contribution in [-0.2, 0) is 4.79 Å². The highest BCUT2D eigenvalue weighted by Crippen LogP contribution is 2.22. The van der Waals surface area contributed by atoms with Crippen molar-refractivity contribution >= 4 is 23.2 Å². The smallest absolute Gasteiger partial charge is 0.271 e. The van der Waals surface area contributed by atoms with Crippen LogP contribution in [0.4, 0.5) is 0 Å². The summed E-state index contributed by atoms with van der Waals surface area (Å²) >= 11 is 1.30. The number of aromatic nitrogens is 1. The largest absolute Gasteiger partial charge is 0.394 e. The van der Waals surface area contributed by atoms with E-state index in [1.54, 1.807) is 5.38 Å². The Labute approximate surface area is 121 Å². The van der Waals surface area contributed by atoms with Crippen molar-refractivity contribution in [1.29, 1.82) is 0 Å². The van der Waals surface area contributed by atoms with Gasteiger partial charge in [-0.1, -0.05) is 13.8 Å². The number of carbonyl (C=O) groups excluding carboxylic acids is 2. The number of nitrogens with two attached hydrogens (primary N) is 2. The summed E-state index contributed by atoms with van der Waals surface area (Å²) in [6.45, 7) is 3.56. The molecule has 1 rings (SSSR count). The van der Waals surface area contributed by atoms with Crippen LogP contribution in [-0.4, -0.2) is 34.6 Å². The maximum absolute atomic E-state index is 11.8. The lowest BCUT2D eigenvalue weighted by Gasteiger charge is -2.12. The normalized spacial score (nSPS) is 14.1. The number of hydrogen-bond donors (Lipinski definition) is 4. The summed E-state index contributed by atoms with van der Waals surface area (Å²) in [4.78, 5) is 26.9. The van der Waals surface area contributed by atoms with Crippen molar-refractivity contribution in [3.8, 4) is 0 Å². The van der Waals surface area contributed by atoms with Crippen LogP contribution in [0.2, 0.25) is 0 Å². The van der Waals surface area contributed by atoms with E-state index in [-0.39, 0.29) is 11.7 Å². The third kappa shape index (κ3) is 4.55. The summed E-state index contributed by atoms with van der Waals surface area (Å²) in [6.07, 6.45) is 0.773. The van der Waals surface area contributed by atoms with Gasteiger partial charge in [0.05, 0.1) is 12.6 Å². The van der Waals surface area contributed by atoms with Gasteiger partial charge in [-0.25, -0.2) is 4.98 Å². The van der Waals surface area contributed by atoms with E-state index in [0.717, 1.165) is 6.42 Å². The van der Waals surface area contributed by atoms with Gasteiger partial charge >= 0.3 is 0 Å². The maximum Gasteiger partial charge on any atom is 0.271 e. The molecule has 20 heavy (non-hydrogen) atoms. The van der Waals surface area contributed by atoms with Gasteiger partial charge in [0.2, 0.25) is 5.91 Å². The number of primary amides is 1. The third-order valence-corrected chi connectivity index (χ3v) is 3.61. The molecule has 0 radical (unpaired) electrons. The molecule has 0 aromatic carbocycles. The van der Waals surface area contributed by atoms with Gasteiger partial charge in [0.15, 0.2) is 0 Å². The number of aliphatic hydroxyl groups is 1. The first kappa shape index (κ1) is 16.5. The van der Waals surface area contributed by atoms with Gasteiger partial charge in [0.25, 0.3) is 5.91 Å². The number of thiazole rings is 1. The number of carbonyl (C=O) groups is 2. The van der Waals surface area contributed by atoms with Crippen molar-refractivity contribution in [2.24, 2.45) is 17.4 Å². The van der Waals surface area contributed by atoms with Gasteiger partial charge < -0.3 is 21.9 Å². The maximum atomic E-state index is 11.8. The standard InChI is InChI=1S/C12H20N4O3S/c1-6(2)3-7(13)12-16-9(5-20-12)11(19)15-8(4-17)10(14)18/h5-8,17H,3-4,13H2,1-2H3,(H2,14,18)(H,15,19). The first-order valence-electron chi connectivity index (χ1n) is 6.27. The fourth-order valence-corrected chi connectivity index (χ4v) is 2.42. The zero-order valence-electron chi connectivity index (χ0n) is 11.5. The number of rotatable bonds is 7. The Balaban J connectivity index is 2.71. The quantitative estimate of drug-likeness (QED) is 0.552. The fraction of sp³-hybridized carbons (Fsp3) is 0.583. The minimum Gasteiger partial charge on any atom is -0.394 e. The van der Waals surface area contributed by atoms with Gasteiger partial charge in [-0.05, 0) is 12.3 Å². The summed E-state index contributed by atoms with van der Waals surface area (Å²) in [5.41, 5.74) is 11.2. The molecule has 0 bridgehead atoms. The highest BCUT2D eigenvalue weighted by Gasteiger charge is 2.21. The van der Waals surface area contributed by atoms with Crippen LogP contribution in [0.1, 0.15) is 41.8 Å². The molecule has 0 saturated carbocycles. The molecule has 8 heteroatoms. The van der Waals surface area contributed by atoms with Crippen molar-refractivity contribution in [2.75, 3.05) is 6.61 Å². The molecule has 0 saturated heterocycles. The van der Waals surface area contributed by atoms with Gasteiger partial charge in [0, 0.05) is 5.38 Å². The van der Waals surface area contributed by atoms with Gasteiger partial charge in [-0.2, -0.15) is 0 Å². The molecule has 0 fully saturated rings. The van der Waals surface area contributed by atoms with E-state index in [9.17, 15) is 9.59 Å². The molecule has 6 N–H and O–H groups in total. The Morgan fingerprint density at radius 3 is 2.65 bits per heavy atom. The van der Waals surface area contributed by atoms with Gasteiger partial charge in [0.1, 0.15) is 16.7 Å². The van der Waals surface area contributed by atoms with E-state index in [1.165, 1.54) is 11.3 Å². The number of aliphatic hydroxyl groups excluding tert-OH is 1. The zero-order chi connectivity index (χ0) is 15.3. The van der Waals surface area contributed by atoms with Gasteiger partial charge in [-0.15, -0.1) is 11.3 Å². The Morgan fingerprint density at radius 2 is 2.15 bits per heavy atom. The summed E-state index contributed by atoms with van der Waals surface area (Å²) < 4.78 is 0. The average molecular weight is 300 g/mol. The molecule has 2 amide bonds. The Bertz CT molecular complexity index is 475. The molecule has 1 heterocycles. The van der Waals surface area contributed by atoms with Gasteiger partial charge in [-0.3, -0.25) is 9.59 Å². The lowest BCUT2D eigenvalue weighted by atomic mass is 10.1. The van der Waals surface area contributed by atoms with E-state index < -0.39 is 24.5 Å². The summed E-state index contributed by atoms with van der Waals surface area (Å²) in [7, 11) is 0. The molecule has 2 unspecified atom stereocenters.